The van der Waals surface area contributed by atoms with E-state index in [1.165, 1.54) is 152 Å². The van der Waals surface area contributed by atoms with Gasteiger partial charge in [-0.1, -0.05) is 94.2 Å². The monoisotopic (exact) mass is 691 g/mol. The predicted octanol–water partition coefficient (Wildman–Crippen LogP) is 11.5. The Bertz CT molecular complexity index is 1230. The van der Waals surface area contributed by atoms with Crippen LogP contribution in [0.2, 0.25) is 0 Å². The Morgan fingerprint density at radius 1 is 0.294 bits per heavy atom. The highest BCUT2D eigenvalue weighted by molar-refractivity contribution is 5.11. The summed E-state index contributed by atoms with van der Waals surface area (Å²) in [5, 5.41) is 0. The van der Waals surface area contributed by atoms with E-state index in [2.05, 4.69) is 124 Å². The highest BCUT2D eigenvalue weighted by Crippen LogP contribution is 2.11. The van der Waals surface area contributed by atoms with Gasteiger partial charge in [0.05, 0.1) is 0 Å². The van der Waals surface area contributed by atoms with Crippen molar-refractivity contribution in [2.24, 2.45) is 0 Å². The van der Waals surface area contributed by atoms with Crippen LogP contribution < -0.4 is 13.7 Å². The number of allylic oxidation sites excluding steroid dienone is 6. The Kier molecular flexibility index (Phi) is 21.7. The van der Waals surface area contributed by atoms with Crippen molar-refractivity contribution in [3.8, 4) is 0 Å². The third-order valence-electron chi connectivity index (χ3n) is 10.4. The number of aryl methyl sites for hydroxylation is 3. The Labute approximate surface area is 313 Å². The van der Waals surface area contributed by atoms with Gasteiger partial charge in [-0.2, -0.15) is 0 Å². The van der Waals surface area contributed by atoms with E-state index in [4.69, 9.17) is 0 Å². The molecule has 0 saturated carbocycles. The minimum Gasteiger partial charge on any atom is -0.205 e. The predicted molar refractivity (Wildman–Crippen MR) is 215 cm³/mol. The third-order valence-corrected chi connectivity index (χ3v) is 10.4. The molecule has 3 nitrogen and oxygen atoms in total. The molecule has 6 bridgehead atoms. The van der Waals surface area contributed by atoms with Gasteiger partial charge in [0.2, 0.25) is 0 Å². The molecule has 0 unspecified atom stereocenters. The van der Waals surface area contributed by atoms with Crippen molar-refractivity contribution in [2.75, 3.05) is 0 Å². The first kappa shape index (κ1) is 40.4. The summed E-state index contributed by atoms with van der Waals surface area (Å²) in [4.78, 5) is 0. The highest BCUT2D eigenvalue weighted by Gasteiger charge is 2.05. The Morgan fingerprint density at radius 2 is 0.569 bits per heavy atom. The summed E-state index contributed by atoms with van der Waals surface area (Å²) in [5.41, 5.74) is 4.29. The van der Waals surface area contributed by atoms with Gasteiger partial charge in [0.25, 0.3) is 0 Å². The molecule has 0 spiro atoms. The summed E-state index contributed by atoms with van der Waals surface area (Å²) in [6, 6.07) is 13.5. The van der Waals surface area contributed by atoms with Gasteiger partial charge < -0.3 is 0 Å². The van der Waals surface area contributed by atoms with Gasteiger partial charge >= 0.3 is 0 Å². The molecule has 3 aromatic rings. The highest BCUT2D eigenvalue weighted by atomic mass is 14.9. The first-order chi connectivity index (χ1) is 25.3. The number of nitrogens with zero attached hydrogens (tertiary/aromatic N) is 3. The number of fused-ring (bicyclic) bond motifs is 6. The van der Waals surface area contributed by atoms with Crippen LogP contribution in [-0.2, 0) is 38.9 Å². The van der Waals surface area contributed by atoms with E-state index in [0.29, 0.717) is 0 Å². The molecule has 0 atom stereocenters. The second-order valence-corrected chi connectivity index (χ2v) is 15.1. The van der Waals surface area contributed by atoms with Gasteiger partial charge in [0.15, 0.2) is 37.2 Å². The molecule has 3 heteroatoms. The van der Waals surface area contributed by atoms with Crippen LogP contribution in [-0.4, -0.2) is 0 Å². The van der Waals surface area contributed by atoms with Crippen molar-refractivity contribution in [3.05, 3.63) is 127 Å². The second-order valence-electron chi connectivity index (χ2n) is 15.1. The Hall–Kier alpha value is -3.33. The normalized spacial score (nSPS) is 20.5. The number of aromatic nitrogens is 3. The number of hydrogen-bond donors (Lipinski definition) is 0. The van der Waals surface area contributed by atoms with E-state index in [9.17, 15) is 0 Å². The summed E-state index contributed by atoms with van der Waals surface area (Å²) in [6.07, 6.45) is 59.1. The van der Waals surface area contributed by atoms with Crippen molar-refractivity contribution in [2.45, 2.75) is 174 Å². The standard InChI is InChI=1S/C48H72N3/c1-4-10-16-22-31-46-34-28-41-50(43-46)38-26-20-14-8-3-6-12-18-24-33-48-36-30-42-51(45-48)39-27-21-15-9-2-5-11-17-23-32-47-35-29-40-49(44-47)37-25-19-13-7-1/h16-18,22-24,28-30,34-36,40-45H,1-15,19-21,25-27,31-33,37-39H2/q+3/b22-16-,23-17-,24-18-. The molecule has 4 rings (SSSR count). The molecule has 0 saturated heterocycles. The van der Waals surface area contributed by atoms with E-state index in [1.807, 2.05) is 0 Å². The summed E-state index contributed by atoms with van der Waals surface area (Å²) in [7, 11) is 0. The zero-order chi connectivity index (χ0) is 35.3. The molecule has 0 fully saturated rings. The SMILES string of the molecule is C1=C\Cc2ccc[n+](c2)CCCCCCCC/C=C\Cc2ccc[n+](c2)CCCCCCCC/C=C\Cc2ccc[n+](c2)CCCCCCCC/1. The topological polar surface area (TPSA) is 11.6 Å². The van der Waals surface area contributed by atoms with Crippen LogP contribution in [0.25, 0.3) is 0 Å². The molecule has 1 aliphatic heterocycles. The number of pyridine rings is 3. The maximum atomic E-state index is 2.41. The molecular weight excluding hydrogens is 619 g/mol. The number of rotatable bonds is 0. The molecule has 51 heavy (non-hydrogen) atoms. The fourth-order valence-electron chi connectivity index (χ4n) is 7.31. The van der Waals surface area contributed by atoms with Crippen LogP contribution in [0, 0.1) is 0 Å². The zero-order valence-corrected chi connectivity index (χ0v) is 32.3. The van der Waals surface area contributed by atoms with E-state index >= 15 is 0 Å². The number of hydrogen-bond acceptors (Lipinski definition) is 0. The van der Waals surface area contributed by atoms with Crippen LogP contribution in [0.1, 0.15) is 152 Å². The van der Waals surface area contributed by atoms with Gasteiger partial charge in [-0.3, -0.25) is 0 Å². The summed E-state index contributed by atoms with van der Waals surface area (Å²) in [5.74, 6) is 0. The first-order valence-corrected chi connectivity index (χ1v) is 21.2. The van der Waals surface area contributed by atoms with Crippen LogP contribution in [0.15, 0.2) is 110 Å². The van der Waals surface area contributed by atoms with Crippen LogP contribution in [0.5, 0.6) is 0 Å². The van der Waals surface area contributed by atoms with Crippen LogP contribution in [0.4, 0.5) is 0 Å². The third kappa shape index (κ3) is 19.7. The van der Waals surface area contributed by atoms with Gasteiger partial charge in [0.1, 0.15) is 19.6 Å². The van der Waals surface area contributed by atoms with Crippen LogP contribution in [0.3, 0.4) is 0 Å². The lowest BCUT2D eigenvalue weighted by Crippen LogP contribution is -2.33. The van der Waals surface area contributed by atoms with Crippen LogP contribution >= 0.6 is 0 Å². The smallest absolute Gasteiger partial charge is 0.172 e. The molecule has 0 amide bonds. The van der Waals surface area contributed by atoms with Gasteiger partial charge in [-0.05, 0) is 95.2 Å². The second kappa shape index (κ2) is 27.3. The molecule has 276 valence electrons. The van der Waals surface area contributed by atoms with Crippen molar-refractivity contribution in [1.29, 1.82) is 0 Å². The largest absolute Gasteiger partial charge is 0.205 e. The minimum absolute atomic E-state index is 1.05. The van der Waals surface area contributed by atoms with Crippen molar-refractivity contribution in [3.63, 3.8) is 0 Å². The molecular formula is C48H72N3+3. The molecule has 0 aromatic carbocycles. The Morgan fingerprint density at radius 3 is 0.882 bits per heavy atom. The maximum Gasteiger partial charge on any atom is 0.172 e. The lowest BCUT2D eigenvalue weighted by Gasteiger charge is -2.02. The summed E-state index contributed by atoms with van der Waals surface area (Å²) >= 11 is 0. The molecule has 0 radical (unpaired) electrons. The maximum absolute atomic E-state index is 2.41. The summed E-state index contributed by atoms with van der Waals surface area (Å²) < 4.78 is 7.20. The van der Waals surface area contributed by atoms with E-state index in [0.717, 1.165) is 38.9 Å². The Balaban J connectivity index is 1.17. The molecule has 3 aromatic heterocycles. The molecule has 0 aliphatic carbocycles. The molecule has 4 heterocycles. The van der Waals surface area contributed by atoms with Gasteiger partial charge in [0, 0.05) is 54.2 Å². The zero-order valence-electron chi connectivity index (χ0n) is 32.3. The molecule has 0 N–H and O–H groups in total. The fourth-order valence-corrected chi connectivity index (χ4v) is 7.31. The molecule has 1 aliphatic rings. The average Bonchev–Trinajstić information content (AvgIpc) is 3.15. The lowest BCUT2D eigenvalue weighted by atomic mass is 10.1. The summed E-state index contributed by atoms with van der Waals surface area (Å²) in [6.45, 7) is 3.42. The van der Waals surface area contributed by atoms with Gasteiger partial charge in [-0.15, -0.1) is 0 Å². The quantitative estimate of drug-likeness (QED) is 0.164. The first-order valence-electron chi connectivity index (χ1n) is 21.2. The van der Waals surface area contributed by atoms with Crippen molar-refractivity contribution in [1.82, 2.24) is 0 Å². The van der Waals surface area contributed by atoms with Crippen molar-refractivity contribution >= 4 is 0 Å². The van der Waals surface area contributed by atoms with Gasteiger partial charge in [-0.25, -0.2) is 13.7 Å². The van der Waals surface area contributed by atoms with Crippen molar-refractivity contribution < 1.29 is 13.7 Å². The lowest BCUT2D eigenvalue weighted by molar-refractivity contribution is -0.697. The minimum atomic E-state index is 1.05. The average molecular weight is 691 g/mol. The van der Waals surface area contributed by atoms with E-state index < -0.39 is 0 Å². The van der Waals surface area contributed by atoms with E-state index in [1.54, 1.807) is 0 Å². The van der Waals surface area contributed by atoms with E-state index in [-0.39, 0.29) is 0 Å². The fraction of sp³-hybridized carbons (Fsp3) is 0.562.